The van der Waals surface area contributed by atoms with Gasteiger partial charge in [-0.2, -0.15) is 0 Å². The lowest BCUT2D eigenvalue weighted by Crippen LogP contribution is -2.34. The summed E-state index contributed by atoms with van der Waals surface area (Å²) in [6.07, 6.45) is 25.4. The maximum atomic E-state index is 11.7. The van der Waals surface area contributed by atoms with Crippen molar-refractivity contribution >= 4 is 11.9 Å². The second kappa shape index (κ2) is 18.9. The summed E-state index contributed by atoms with van der Waals surface area (Å²) in [7, 11) is 0. The largest absolute Gasteiger partial charge is 0.464 e. The summed E-state index contributed by atoms with van der Waals surface area (Å²) in [6, 6.07) is -0.405. The molecule has 1 saturated heterocycles. The van der Waals surface area contributed by atoms with Crippen LogP contribution in [0.4, 0.5) is 0 Å². The fourth-order valence-electron chi connectivity index (χ4n) is 4.07. The molecule has 170 valence electrons. The summed E-state index contributed by atoms with van der Waals surface area (Å²) < 4.78 is 5.25. The molecule has 1 fully saturated rings. The van der Waals surface area contributed by atoms with Crippen LogP contribution in [0.3, 0.4) is 0 Å². The SMILES string of the molecule is CCCCCCCCCCCCCCCCCCCCOC(=O)[C@@H]1CCC(=O)N1. The van der Waals surface area contributed by atoms with E-state index >= 15 is 0 Å². The van der Waals surface area contributed by atoms with Crippen molar-refractivity contribution in [3.05, 3.63) is 0 Å². The number of unbranched alkanes of at least 4 members (excludes halogenated alkanes) is 17. The van der Waals surface area contributed by atoms with Gasteiger partial charge >= 0.3 is 5.97 Å². The number of ether oxygens (including phenoxy) is 1. The Hall–Kier alpha value is -1.06. The summed E-state index contributed by atoms with van der Waals surface area (Å²) >= 11 is 0. The molecule has 1 atom stereocenters. The first-order valence-electron chi connectivity index (χ1n) is 12.7. The molecule has 1 aliphatic heterocycles. The van der Waals surface area contributed by atoms with Crippen molar-refractivity contribution in [3.63, 3.8) is 0 Å². The molecule has 1 rings (SSSR count). The summed E-state index contributed by atoms with van der Waals surface area (Å²) in [6.45, 7) is 2.77. The smallest absolute Gasteiger partial charge is 0.328 e. The van der Waals surface area contributed by atoms with Crippen LogP contribution in [0.5, 0.6) is 0 Å². The van der Waals surface area contributed by atoms with Crippen LogP contribution in [0.15, 0.2) is 0 Å². The highest BCUT2D eigenvalue weighted by Gasteiger charge is 2.28. The maximum absolute atomic E-state index is 11.7. The van der Waals surface area contributed by atoms with Crippen LogP contribution in [0.25, 0.3) is 0 Å². The second-order valence-corrected chi connectivity index (χ2v) is 8.84. The number of rotatable bonds is 20. The molecule has 1 amide bonds. The monoisotopic (exact) mass is 409 g/mol. The lowest BCUT2D eigenvalue weighted by Gasteiger charge is -2.09. The highest BCUT2D eigenvalue weighted by atomic mass is 16.5. The van der Waals surface area contributed by atoms with Crippen LogP contribution in [0.2, 0.25) is 0 Å². The zero-order valence-electron chi connectivity index (χ0n) is 19.2. The lowest BCUT2D eigenvalue weighted by molar-refractivity contribution is -0.146. The van der Waals surface area contributed by atoms with E-state index in [1.165, 1.54) is 103 Å². The summed E-state index contributed by atoms with van der Waals surface area (Å²) in [5.41, 5.74) is 0. The molecule has 1 aliphatic rings. The molecule has 0 bridgehead atoms. The minimum Gasteiger partial charge on any atom is -0.464 e. The van der Waals surface area contributed by atoms with E-state index in [0.29, 0.717) is 19.4 Å². The molecular formula is C25H47NO3. The van der Waals surface area contributed by atoms with Gasteiger partial charge in [0.05, 0.1) is 6.61 Å². The first kappa shape index (κ1) is 26.0. The van der Waals surface area contributed by atoms with E-state index in [2.05, 4.69) is 12.2 Å². The van der Waals surface area contributed by atoms with Crippen molar-refractivity contribution in [1.82, 2.24) is 5.32 Å². The van der Waals surface area contributed by atoms with Crippen LogP contribution < -0.4 is 5.32 Å². The number of carbonyl (C=O) groups excluding carboxylic acids is 2. The molecule has 29 heavy (non-hydrogen) atoms. The molecule has 0 aromatic heterocycles. The fourth-order valence-corrected chi connectivity index (χ4v) is 4.07. The standard InChI is InChI=1S/C25H47NO3/c1-2-3-4-5-6-7-8-9-10-11-12-13-14-15-16-17-18-19-22-29-25(28)23-20-21-24(27)26-23/h23H,2-22H2,1H3,(H,26,27)/t23-/m0/s1. The molecule has 0 radical (unpaired) electrons. The van der Waals surface area contributed by atoms with Crippen LogP contribution in [-0.2, 0) is 14.3 Å². The number of esters is 1. The molecule has 1 N–H and O–H groups in total. The Morgan fingerprint density at radius 3 is 1.55 bits per heavy atom. The van der Waals surface area contributed by atoms with Crippen LogP contribution in [-0.4, -0.2) is 24.5 Å². The van der Waals surface area contributed by atoms with Gasteiger partial charge in [0.1, 0.15) is 6.04 Å². The van der Waals surface area contributed by atoms with Crippen molar-refractivity contribution < 1.29 is 14.3 Å². The zero-order chi connectivity index (χ0) is 21.0. The normalized spacial score (nSPS) is 16.2. The average Bonchev–Trinajstić information content (AvgIpc) is 3.16. The third kappa shape index (κ3) is 15.4. The number of nitrogens with one attached hydrogen (secondary N) is 1. The molecule has 0 spiro atoms. The third-order valence-electron chi connectivity index (χ3n) is 6.02. The quantitative estimate of drug-likeness (QED) is 0.177. The number of hydrogen-bond acceptors (Lipinski definition) is 3. The van der Waals surface area contributed by atoms with Crippen molar-refractivity contribution in [2.45, 2.75) is 141 Å². The number of hydrogen-bond donors (Lipinski definition) is 1. The molecular weight excluding hydrogens is 362 g/mol. The Bertz CT molecular complexity index is 411. The van der Waals surface area contributed by atoms with Crippen molar-refractivity contribution in [2.75, 3.05) is 6.61 Å². The molecule has 0 aromatic rings. The molecule has 4 heteroatoms. The average molecular weight is 410 g/mol. The highest BCUT2D eigenvalue weighted by molar-refractivity contribution is 5.87. The Balaban J connectivity index is 1.70. The van der Waals surface area contributed by atoms with E-state index < -0.39 is 6.04 Å². The summed E-state index contributed by atoms with van der Waals surface area (Å²) in [5, 5.41) is 2.65. The van der Waals surface area contributed by atoms with Gasteiger partial charge in [-0.25, -0.2) is 4.79 Å². The van der Waals surface area contributed by atoms with Crippen molar-refractivity contribution in [3.8, 4) is 0 Å². The predicted molar refractivity (Wildman–Crippen MR) is 121 cm³/mol. The van der Waals surface area contributed by atoms with Gasteiger partial charge in [-0.15, -0.1) is 0 Å². The molecule has 4 nitrogen and oxygen atoms in total. The lowest BCUT2D eigenvalue weighted by atomic mass is 10.0. The van der Waals surface area contributed by atoms with Gasteiger partial charge in [0, 0.05) is 6.42 Å². The minimum absolute atomic E-state index is 0.0416. The van der Waals surface area contributed by atoms with E-state index in [4.69, 9.17) is 4.74 Å². The fraction of sp³-hybridized carbons (Fsp3) is 0.920. The second-order valence-electron chi connectivity index (χ2n) is 8.84. The van der Waals surface area contributed by atoms with Gasteiger partial charge in [-0.1, -0.05) is 116 Å². The van der Waals surface area contributed by atoms with Gasteiger partial charge in [-0.05, 0) is 12.8 Å². The van der Waals surface area contributed by atoms with Crippen LogP contribution in [0.1, 0.15) is 135 Å². The van der Waals surface area contributed by atoms with Crippen LogP contribution >= 0.6 is 0 Å². The minimum atomic E-state index is -0.405. The molecule has 0 unspecified atom stereocenters. The highest BCUT2D eigenvalue weighted by Crippen LogP contribution is 2.14. The van der Waals surface area contributed by atoms with Gasteiger partial charge < -0.3 is 10.1 Å². The van der Waals surface area contributed by atoms with E-state index in [1.54, 1.807) is 0 Å². The first-order valence-corrected chi connectivity index (χ1v) is 12.7. The number of carbonyl (C=O) groups is 2. The Kier molecular flexibility index (Phi) is 17.0. The Labute approximate surface area is 179 Å². The third-order valence-corrected chi connectivity index (χ3v) is 6.02. The van der Waals surface area contributed by atoms with E-state index in [1.807, 2.05) is 0 Å². The van der Waals surface area contributed by atoms with Crippen LogP contribution in [0, 0.1) is 0 Å². The van der Waals surface area contributed by atoms with Gasteiger partial charge in [0.2, 0.25) is 5.91 Å². The van der Waals surface area contributed by atoms with Gasteiger partial charge in [0.15, 0.2) is 0 Å². The molecule has 0 saturated carbocycles. The zero-order valence-corrected chi connectivity index (χ0v) is 19.2. The summed E-state index contributed by atoms with van der Waals surface area (Å²) in [5.74, 6) is -0.303. The Morgan fingerprint density at radius 1 is 0.759 bits per heavy atom. The molecule has 1 heterocycles. The topological polar surface area (TPSA) is 55.4 Å². The number of amides is 1. The summed E-state index contributed by atoms with van der Waals surface area (Å²) in [4.78, 5) is 22.8. The van der Waals surface area contributed by atoms with Gasteiger partial charge in [-0.3, -0.25) is 4.79 Å². The van der Waals surface area contributed by atoms with Crippen molar-refractivity contribution in [1.29, 1.82) is 0 Å². The van der Waals surface area contributed by atoms with Crippen molar-refractivity contribution in [2.24, 2.45) is 0 Å². The van der Waals surface area contributed by atoms with E-state index in [-0.39, 0.29) is 11.9 Å². The van der Waals surface area contributed by atoms with E-state index in [0.717, 1.165) is 12.8 Å². The van der Waals surface area contributed by atoms with E-state index in [9.17, 15) is 9.59 Å². The predicted octanol–water partition coefficient (Wildman–Crippen LogP) is 6.85. The Morgan fingerprint density at radius 2 is 1.17 bits per heavy atom. The molecule has 0 aliphatic carbocycles. The maximum Gasteiger partial charge on any atom is 0.328 e. The van der Waals surface area contributed by atoms with Gasteiger partial charge in [0.25, 0.3) is 0 Å². The molecule has 0 aromatic carbocycles. The first-order chi connectivity index (χ1) is 14.2.